The zero-order chi connectivity index (χ0) is 18.1. The molecule has 1 amide bonds. The zero-order valence-corrected chi connectivity index (χ0v) is 15.8. The number of nitrogens with zero attached hydrogens (tertiary/aromatic N) is 3. The molecule has 1 N–H and O–H groups in total. The Morgan fingerprint density at radius 1 is 1.36 bits per heavy atom. The van der Waals surface area contributed by atoms with Crippen LogP contribution in [0.3, 0.4) is 0 Å². The van der Waals surface area contributed by atoms with Gasteiger partial charge in [0.15, 0.2) is 0 Å². The number of aryl methyl sites for hydroxylation is 3. The van der Waals surface area contributed by atoms with E-state index >= 15 is 0 Å². The van der Waals surface area contributed by atoms with Crippen LogP contribution in [0.1, 0.15) is 48.7 Å². The predicted octanol–water partition coefficient (Wildman–Crippen LogP) is 3.35. The molecule has 2 aromatic rings. The van der Waals surface area contributed by atoms with Crippen LogP contribution in [0.5, 0.6) is 0 Å². The summed E-state index contributed by atoms with van der Waals surface area (Å²) in [5, 5.41) is 7.40. The van der Waals surface area contributed by atoms with Crippen LogP contribution in [-0.2, 0) is 11.8 Å². The number of hydrogen-bond donors (Lipinski definition) is 1. The highest BCUT2D eigenvalue weighted by Gasteiger charge is 2.31. The molecule has 0 radical (unpaired) electrons. The minimum absolute atomic E-state index is 0.00188. The van der Waals surface area contributed by atoms with Crippen LogP contribution in [-0.4, -0.2) is 33.7 Å². The van der Waals surface area contributed by atoms with Crippen LogP contribution in [0, 0.1) is 26.7 Å². The number of piperidine rings is 1. The summed E-state index contributed by atoms with van der Waals surface area (Å²) in [6.07, 6.45) is 2.12. The number of aromatic nitrogens is 2. The molecule has 0 saturated carbocycles. The Bertz CT molecular complexity index is 762. The number of amides is 1. The molecule has 0 unspecified atom stereocenters. The Hall–Kier alpha value is -2.08. The van der Waals surface area contributed by atoms with Crippen LogP contribution in [0.15, 0.2) is 16.5 Å². The molecule has 1 aliphatic heterocycles. The average Bonchev–Trinajstić information content (AvgIpc) is 3.08. The van der Waals surface area contributed by atoms with Crippen molar-refractivity contribution in [3.05, 3.63) is 35.0 Å². The van der Waals surface area contributed by atoms with Crippen molar-refractivity contribution in [2.75, 3.05) is 18.4 Å². The number of anilines is 1. The molecule has 25 heavy (non-hydrogen) atoms. The van der Waals surface area contributed by atoms with Crippen LogP contribution >= 0.6 is 0 Å². The molecule has 6 heteroatoms. The summed E-state index contributed by atoms with van der Waals surface area (Å²) in [7, 11) is 1.89. The van der Waals surface area contributed by atoms with E-state index in [0.717, 1.165) is 48.0 Å². The smallest absolute Gasteiger partial charge is 0.238 e. The molecule has 1 saturated heterocycles. The van der Waals surface area contributed by atoms with Gasteiger partial charge >= 0.3 is 0 Å². The van der Waals surface area contributed by atoms with Gasteiger partial charge in [-0.1, -0.05) is 6.92 Å². The van der Waals surface area contributed by atoms with Gasteiger partial charge in [0.2, 0.25) is 5.91 Å². The van der Waals surface area contributed by atoms with E-state index in [1.807, 2.05) is 40.0 Å². The van der Waals surface area contributed by atoms with Gasteiger partial charge in [-0.25, -0.2) is 0 Å². The fourth-order valence-corrected chi connectivity index (χ4v) is 3.63. The lowest BCUT2D eigenvalue weighted by molar-refractivity contribution is -0.118. The summed E-state index contributed by atoms with van der Waals surface area (Å²) in [6, 6.07) is 4.20. The quantitative estimate of drug-likeness (QED) is 0.924. The van der Waals surface area contributed by atoms with Gasteiger partial charge in [0.05, 0.1) is 29.7 Å². The number of nitrogens with one attached hydrogen (secondary N) is 1. The van der Waals surface area contributed by atoms with Gasteiger partial charge in [-0.2, -0.15) is 5.10 Å². The molecule has 136 valence electrons. The third-order valence-electron chi connectivity index (χ3n) is 5.19. The maximum atomic E-state index is 12.6. The van der Waals surface area contributed by atoms with Gasteiger partial charge in [0, 0.05) is 7.05 Å². The van der Waals surface area contributed by atoms with E-state index in [2.05, 4.69) is 22.2 Å². The van der Waals surface area contributed by atoms with Crippen LogP contribution in [0.2, 0.25) is 0 Å². The van der Waals surface area contributed by atoms with Crippen molar-refractivity contribution in [3.8, 4) is 0 Å². The minimum atomic E-state index is 0.00188. The van der Waals surface area contributed by atoms with Gasteiger partial charge < -0.3 is 9.73 Å². The van der Waals surface area contributed by atoms with Gasteiger partial charge in [0.25, 0.3) is 0 Å². The Morgan fingerprint density at radius 3 is 2.72 bits per heavy atom. The van der Waals surface area contributed by atoms with Crippen molar-refractivity contribution in [3.63, 3.8) is 0 Å². The Morgan fingerprint density at radius 2 is 2.12 bits per heavy atom. The van der Waals surface area contributed by atoms with E-state index in [1.54, 1.807) is 4.68 Å². The van der Waals surface area contributed by atoms with E-state index in [-0.39, 0.29) is 11.9 Å². The lowest BCUT2D eigenvalue weighted by Gasteiger charge is -2.36. The second-order valence-electron chi connectivity index (χ2n) is 7.28. The SMILES string of the molecule is Cc1ccc([C@@H]2C[C@H](C)CCN2CC(=O)Nc2c(C)nn(C)c2C)o1. The van der Waals surface area contributed by atoms with E-state index in [1.165, 1.54) is 0 Å². The third kappa shape index (κ3) is 3.79. The van der Waals surface area contributed by atoms with Crippen molar-refractivity contribution in [2.24, 2.45) is 13.0 Å². The molecule has 0 bridgehead atoms. The van der Waals surface area contributed by atoms with E-state index in [0.29, 0.717) is 12.5 Å². The molecule has 2 aromatic heterocycles. The first-order chi connectivity index (χ1) is 11.8. The topological polar surface area (TPSA) is 63.3 Å². The Kier molecular flexibility index (Phi) is 4.99. The third-order valence-corrected chi connectivity index (χ3v) is 5.19. The first kappa shape index (κ1) is 17.7. The molecule has 2 atom stereocenters. The Labute approximate surface area is 149 Å². The lowest BCUT2D eigenvalue weighted by Crippen LogP contribution is -2.41. The summed E-state index contributed by atoms with van der Waals surface area (Å²) < 4.78 is 7.65. The summed E-state index contributed by atoms with van der Waals surface area (Å²) in [6.45, 7) is 9.38. The fourth-order valence-electron chi connectivity index (χ4n) is 3.63. The second kappa shape index (κ2) is 7.04. The average molecular weight is 344 g/mol. The summed E-state index contributed by atoms with van der Waals surface area (Å²) in [4.78, 5) is 14.9. The highest BCUT2D eigenvalue weighted by Crippen LogP contribution is 2.34. The first-order valence-electron chi connectivity index (χ1n) is 8.95. The molecule has 3 heterocycles. The number of likely N-dealkylation sites (tertiary alicyclic amines) is 1. The summed E-state index contributed by atoms with van der Waals surface area (Å²) >= 11 is 0. The maximum Gasteiger partial charge on any atom is 0.238 e. The molecule has 0 aliphatic carbocycles. The number of hydrogen-bond acceptors (Lipinski definition) is 4. The normalized spacial score (nSPS) is 21.5. The van der Waals surface area contributed by atoms with Crippen molar-refractivity contribution in [2.45, 2.75) is 46.6 Å². The van der Waals surface area contributed by atoms with Crippen LogP contribution in [0.4, 0.5) is 5.69 Å². The predicted molar refractivity (Wildman–Crippen MR) is 97.5 cm³/mol. The molecule has 0 aromatic carbocycles. The molecule has 0 spiro atoms. The van der Waals surface area contributed by atoms with Gasteiger partial charge in [-0.3, -0.25) is 14.4 Å². The van der Waals surface area contributed by atoms with Gasteiger partial charge in [-0.05, 0) is 58.2 Å². The number of carbonyl (C=O) groups is 1. The van der Waals surface area contributed by atoms with E-state index < -0.39 is 0 Å². The molecule has 6 nitrogen and oxygen atoms in total. The van der Waals surface area contributed by atoms with Crippen molar-refractivity contribution < 1.29 is 9.21 Å². The zero-order valence-electron chi connectivity index (χ0n) is 15.8. The van der Waals surface area contributed by atoms with Crippen LogP contribution < -0.4 is 5.32 Å². The molecular weight excluding hydrogens is 316 g/mol. The first-order valence-corrected chi connectivity index (χ1v) is 8.95. The second-order valence-corrected chi connectivity index (χ2v) is 7.28. The standard InChI is InChI=1S/C19H28N4O2/c1-12-8-9-23(16(10-12)17-7-6-13(2)25-17)11-18(24)20-19-14(3)21-22(5)15(19)4/h6-7,12,16H,8-11H2,1-5H3,(H,20,24)/t12-,16+/m1/s1. The highest BCUT2D eigenvalue weighted by atomic mass is 16.3. The lowest BCUT2D eigenvalue weighted by atomic mass is 9.91. The van der Waals surface area contributed by atoms with Crippen molar-refractivity contribution in [1.29, 1.82) is 0 Å². The minimum Gasteiger partial charge on any atom is -0.465 e. The van der Waals surface area contributed by atoms with Crippen molar-refractivity contribution >= 4 is 11.6 Å². The number of rotatable bonds is 4. The monoisotopic (exact) mass is 344 g/mol. The number of carbonyl (C=O) groups excluding carboxylic acids is 1. The Balaban J connectivity index is 1.72. The van der Waals surface area contributed by atoms with E-state index in [9.17, 15) is 4.79 Å². The van der Waals surface area contributed by atoms with Crippen molar-refractivity contribution in [1.82, 2.24) is 14.7 Å². The maximum absolute atomic E-state index is 12.6. The molecular formula is C19H28N4O2. The van der Waals surface area contributed by atoms with Gasteiger partial charge in [0.1, 0.15) is 11.5 Å². The summed E-state index contributed by atoms with van der Waals surface area (Å²) in [5.74, 6) is 2.52. The molecule has 1 fully saturated rings. The summed E-state index contributed by atoms with van der Waals surface area (Å²) in [5.41, 5.74) is 2.64. The highest BCUT2D eigenvalue weighted by molar-refractivity contribution is 5.93. The molecule has 1 aliphatic rings. The largest absolute Gasteiger partial charge is 0.465 e. The van der Waals surface area contributed by atoms with E-state index in [4.69, 9.17) is 4.42 Å². The van der Waals surface area contributed by atoms with Crippen LogP contribution in [0.25, 0.3) is 0 Å². The molecule has 3 rings (SSSR count). The van der Waals surface area contributed by atoms with Gasteiger partial charge in [-0.15, -0.1) is 0 Å². The fraction of sp³-hybridized carbons (Fsp3) is 0.579. The number of furan rings is 1.